The van der Waals surface area contributed by atoms with E-state index in [1.165, 1.54) is 12.1 Å². The number of morpholine rings is 1. The van der Waals surface area contributed by atoms with Gasteiger partial charge in [0.25, 0.3) is 0 Å². The van der Waals surface area contributed by atoms with Crippen molar-refractivity contribution in [2.75, 3.05) is 31.2 Å². The van der Waals surface area contributed by atoms with Crippen molar-refractivity contribution in [3.63, 3.8) is 0 Å². The zero-order chi connectivity index (χ0) is 16.9. The number of hydrogen-bond acceptors (Lipinski definition) is 5. The second-order valence-electron chi connectivity index (χ2n) is 5.45. The molecule has 3 rings (SSSR count). The van der Waals surface area contributed by atoms with Crippen LogP contribution in [0.3, 0.4) is 0 Å². The van der Waals surface area contributed by atoms with Crippen LogP contribution in [0.1, 0.15) is 28.9 Å². The van der Waals surface area contributed by atoms with E-state index >= 15 is 0 Å². The minimum absolute atomic E-state index is 0.198. The van der Waals surface area contributed by atoms with E-state index in [1.54, 1.807) is 37.4 Å². The number of benzene rings is 1. The third-order valence-corrected chi connectivity index (χ3v) is 3.89. The van der Waals surface area contributed by atoms with Gasteiger partial charge in [-0.3, -0.25) is 0 Å². The summed E-state index contributed by atoms with van der Waals surface area (Å²) in [6.07, 6.45) is 1.46. The van der Waals surface area contributed by atoms with Crippen molar-refractivity contribution in [2.24, 2.45) is 0 Å². The molecule has 1 fully saturated rings. The van der Waals surface area contributed by atoms with Crippen molar-refractivity contribution in [2.45, 2.75) is 13.0 Å². The van der Waals surface area contributed by atoms with Crippen LogP contribution in [-0.2, 0) is 9.47 Å². The summed E-state index contributed by atoms with van der Waals surface area (Å²) in [5, 5.41) is 0. The second-order valence-corrected chi connectivity index (χ2v) is 5.45. The van der Waals surface area contributed by atoms with Crippen LogP contribution >= 0.6 is 0 Å². The molecule has 0 radical (unpaired) electrons. The standard InChI is InChI=1S/C18H19FN2O3/c1-2-23-18(22)15-4-3-9-20-17(15)21-10-11-24-16(12-21)13-5-7-14(19)8-6-13/h3-9,16H,2,10-12H2,1H3/t16-/m1/s1. The summed E-state index contributed by atoms with van der Waals surface area (Å²) in [5.74, 6) is -0.0717. The molecule has 126 valence electrons. The summed E-state index contributed by atoms with van der Waals surface area (Å²) in [7, 11) is 0. The van der Waals surface area contributed by atoms with E-state index in [0.29, 0.717) is 37.7 Å². The zero-order valence-electron chi connectivity index (χ0n) is 13.4. The Labute approximate surface area is 140 Å². The maximum Gasteiger partial charge on any atom is 0.341 e. The predicted molar refractivity (Wildman–Crippen MR) is 87.5 cm³/mol. The van der Waals surface area contributed by atoms with Crippen LogP contribution in [0.4, 0.5) is 10.2 Å². The number of pyridine rings is 1. The highest BCUT2D eigenvalue weighted by Crippen LogP contribution is 2.27. The van der Waals surface area contributed by atoms with E-state index in [1.807, 2.05) is 4.90 Å². The summed E-state index contributed by atoms with van der Waals surface area (Å²) in [6.45, 7) is 3.75. The number of ether oxygens (including phenoxy) is 2. The number of rotatable bonds is 4. The largest absolute Gasteiger partial charge is 0.462 e. The molecule has 1 atom stereocenters. The molecule has 5 nitrogen and oxygen atoms in total. The van der Waals surface area contributed by atoms with E-state index in [0.717, 1.165) is 5.56 Å². The molecule has 0 spiro atoms. The molecule has 0 aliphatic carbocycles. The summed E-state index contributed by atoms with van der Waals surface area (Å²) in [4.78, 5) is 18.5. The minimum Gasteiger partial charge on any atom is -0.462 e. The lowest BCUT2D eigenvalue weighted by atomic mass is 10.1. The van der Waals surface area contributed by atoms with E-state index in [4.69, 9.17) is 9.47 Å². The summed E-state index contributed by atoms with van der Waals surface area (Å²) >= 11 is 0. The maximum atomic E-state index is 13.1. The number of anilines is 1. The van der Waals surface area contributed by atoms with Crippen molar-refractivity contribution < 1.29 is 18.7 Å². The average Bonchev–Trinajstić information content (AvgIpc) is 2.63. The smallest absolute Gasteiger partial charge is 0.341 e. The van der Waals surface area contributed by atoms with Gasteiger partial charge in [-0.2, -0.15) is 0 Å². The third-order valence-electron chi connectivity index (χ3n) is 3.89. The Bertz CT molecular complexity index is 706. The van der Waals surface area contributed by atoms with Crippen molar-refractivity contribution in [1.82, 2.24) is 4.98 Å². The Morgan fingerprint density at radius 2 is 2.17 bits per heavy atom. The van der Waals surface area contributed by atoms with Crippen LogP contribution in [0, 0.1) is 5.82 Å². The molecule has 0 unspecified atom stereocenters. The molecule has 0 amide bonds. The Balaban J connectivity index is 1.82. The first-order valence-corrected chi connectivity index (χ1v) is 7.93. The van der Waals surface area contributed by atoms with Gasteiger partial charge in [0, 0.05) is 19.3 Å². The van der Waals surface area contributed by atoms with Gasteiger partial charge in [-0.1, -0.05) is 12.1 Å². The number of carbonyl (C=O) groups is 1. The molecule has 0 saturated carbocycles. The topological polar surface area (TPSA) is 51.7 Å². The molecule has 6 heteroatoms. The highest BCUT2D eigenvalue weighted by molar-refractivity contribution is 5.94. The lowest BCUT2D eigenvalue weighted by Gasteiger charge is -2.34. The lowest BCUT2D eigenvalue weighted by molar-refractivity contribution is 0.0389. The Morgan fingerprint density at radius 3 is 2.92 bits per heavy atom. The summed E-state index contributed by atoms with van der Waals surface area (Å²) < 4.78 is 24.0. The molecule has 1 aliphatic heterocycles. The van der Waals surface area contributed by atoms with Gasteiger partial charge in [-0.05, 0) is 36.8 Å². The van der Waals surface area contributed by atoms with E-state index in [9.17, 15) is 9.18 Å². The molecular formula is C18H19FN2O3. The summed E-state index contributed by atoms with van der Waals surface area (Å²) in [5.41, 5.74) is 1.34. The second kappa shape index (κ2) is 7.40. The number of esters is 1. The highest BCUT2D eigenvalue weighted by Gasteiger charge is 2.26. The van der Waals surface area contributed by atoms with Crippen molar-refractivity contribution in [3.05, 3.63) is 59.5 Å². The molecule has 2 heterocycles. The molecular weight excluding hydrogens is 311 g/mol. The molecule has 2 aromatic rings. The van der Waals surface area contributed by atoms with Gasteiger partial charge >= 0.3 is 5.97 Å². The Hall–Kier alpha value is -2.47. The van der Waals surface area contributed by atoms with Crippen LogP contribution in [0.2, 0.25) is 0 Å². The number of hydrogen-bond donors (Lipinski definition) is 0. The van der Waals surface area contributed by atoms with Crippen LogP contribution in [0.25, 0.3) is 0 Å². The fourth-order valence-electron chi connectivity index (χ4n) is 2.74. The van der Waals surface area contributed by atoms with Gasteiger partial charge in [0.1, 0.15) is 23.3 Å². The number of aromatic nitrogens is 1. The van der Waals surface area contributed by atoms with Gasteiger partial charge in [0.2, 0.25) is 0 Å². The first-order valence-electron chi connectivity index (χ1n) is 7.93. The SMILES string of the molecule is CCOC(=O)c1cccnc1N1CCO[C@@H](c2ccc(F)cc2)C1. The number of halogens is 1. The van der Waals surface area contributed by atoms with E-state index < -0.39 is 0 Å². The predicted octanol–water partition coefficient (Wildman–Crippen LogP) is 2.98. The maximum absolute atomic E-state index is 13.1. The van der Waals surface area contributed by atoms with Gasteiger partial charge in [-0.15, -0.1) is 0 Å². The molecule has 1 aromatic heterocycles. The van der Waals surface area contributed by atoms with Crippen LogP contribution in [-0.4, -0.2) is 37.3 Å². The molecule has 1 saturated heterocycles. The van der Waals surface area contributed by atoms with Crippen LogP contribution < -0.4 is 4.90 Å². The molecule has 0 N–H and O–H groups in total. The average molecular weight is 330 g/mol. The summed E-state index contributed by atoms with van der Waals surface area (Å²) in [6, 6.07) is 9.70. The normalized spacial score (nSPS) is 17.6. The molecule has 24 heavy (non-hydrogen) atoms. The van der Waals surface area contributed by atoms with Gasteiger partial charge in [-0.25, -0.2) is 14.2 Å². The van der Waals surface area contributed by atoms with Gasteiger partial charge < -0.3 is 14.4 Å². The monoisotopic (exact) mass is 330 g/mol. The molecule has 1 aliphatic rings. The van der Waals surface area contributed by atoms with Crippen molar-refractivity contribution in [3.8, 4) is 0 Å². The number of carbonyl (C=O) groups excluding carboxylic acids is 1. The Morgan fingerprint density at radius 1 is 1.38 bits per heavy atom. The van der Waals surface area contributed by atoms with Gasteiger partial charge in [0.15, 0.2) is 0 Å². The van der Waals surface area contributed by atoms with E-state index in [2.05, 4.69) is 4.98 Å². The van der Waals surface area contributed by atoms with Crippen molar-refractivity contribution in [1.29, 1.82) is 0 Å². The fraction of sp³-hybridized carbons (Fsp3) is 0.333. The van der Waals surface area contributed by atoms with Gasteiger partial charge in [0.05, 0.1) is 13.2 Å². The first kappa shape index (κ1) is 16.4. The zero-order valence-corrected chi connectivity index (χ0v) is 13.4. The fourth-order valence-corrected chi connectivity index (χ4v) is 2.74. The third kappa shape index (κ3) is 3.54. The van der Waals surface area contributed by atoms with E-state index in [-0.39, 0.29) is 17.9 Å². The minimum atomic E-state index is -0.384. The highest BCUT2D eigenvalue weighted by atomic mass is 19.1. The first-order chi connectivity index (χ1) is 11.7. The van der Waals surface area contributed by atoms with Crippen LogP contribution in [0.15, 0.2) is 42.6 Å². The van der Waals surface area contributed by atoms with Crippen molar-refractivity contribution >= 4 is 11.8 Å². The van der Waals surface area contributed by atoms with Crippen LogP contribution in [0.5, 0.6) is 0 Å². The quantitative estimate of drug-likeness (QED) is 0.807. The number of nitrogens with zero attached hydrogens (tertiary/aromatic N) is 2. The molecule has 0 bridgehead atoms. The Kier molecular flexibility index (Phi) is 5.05. The molecule has 1 aromatic carbocycles. The lowest BCUT2D eigenvalue weighted by Crippen LogP contribution is -2.39.